The Morgan fingerprint density at radius 3 is 1.33 bits per heavy atom. The van der Waals surface area contributed by atoms with Crippen LogP contribution in [0.25, 0.3) is 0 Å². The first-order valence-corrected chi connectivity index (χ1v) is 9.48. The Morgan fingerprint density at radius 2 is 1.11 bits per heavy atom. The SMILES string of the molecule is CC(O)C(=O)O.CCC(=O)C(=O)O.CCCCCCCCCCCC(=O)O. The topological polar surface area (TPSA) is 149 Å². The molecular weight excluding hydrogens is 356 g/mol. The van der Waals surface area contributed by atoms with Crippen LogP contribution in [0.5, 0.6) is 0 Å². The number of hydrogen-bond donors (Lipinski definition) is 4. The molecular formula is C19H36O8. The number of carboxylic acid groups (broad SMARTS) is 3. The molecule has 1 unspecified atom stereocenters. The van der Waals surface area contributed by atoms with Gasteiger partial charge in [0.2, 0.25) is 5.78 Å². The summed E-state index contributed by atoms with van der Waals surface area (Å²) >= 11 is 0. The number of Topliss-reactive ketones (excluding diaryl/α,β-unsaturated/α-hetero) is 1. The molecule has 0 bridgehead atoms. The molecule has 0 aromatic rings. The van der Waals surface area contributed by atoms with Crippen LogP contribution < -0.4 is 0 Å². The average Bonchev–Trinajstić information content (AvgIpc) is 2.60. The number of carbonyl (C=O) groups is 4. The Kier molecular flexibility index (Phi) is 24.4. The van der Waals surface area contributed by atoms with Gasteiger partial charge in [0, 0.05) is 12.8 Å². The first-order chi connectivity index (χ1) is 12.6. The molecule has 0 saturated heterocycles. The van der Waals surface area contributed by atoms with Crippen molar-refractivity contribution >= 4 is 23.7 Å². The van der Waals surface area contributed by atoms with E-state index in [9.17, 15) is 19.2 Å². The Bertz CT molecular complexity index is 405. The van der Waals surface area contributed by atoms with E-state index in [4.69, 9.17) is 20.4 Å². The number of carbonyl (C=O) groups excluding carboxylic acids is 1. The second-order valence-electron chi connectivity index (χ2n) is 6.07. The average molecular weight is 392 g/mol. The van der Waals surface area contributed by atoms with E-state index in [0.29, 0.717) is 6.42 Å². The summed E-state index contributed by atoms with van der Waals surface area (Å²) in [6, 6.07) is 0. The van der Waals surface area contributed by atoms with Crippen molar-refractivity contribution in [2.75, 3.05) is 0 Å². The molecule has 0 aromatic heterocycles. The third-order valence-corrected chi connectivity index (χ3v) is 3.41. The minimum atomic E-state index is -1.34. The number of aliphatic carboxylic acids is 3. The molecule has 0 spiro atoms. The zero-order valence-electron chi connectivity index (χ0n) is 16.8. The highest BCUT2D eigenvalue weighted by Crippen LogP contribution is 2.10. The van der Waals surface area contributed by atoms with Crippen LogP contribution in [0, 0.1) is 0 Å². The van der Waals surface area contributed by atoms with Gasteiger partial charge in [0.05, 0.1) is 0 Å². The lowest BCUT2D eigenvalue weighted by atomic mass is 10.1. The molecule has 160 valence electrons. The van der Waals surface area contributed by atoms with E-state index in [1.54, 1.807) is 0 Å². The van der Waals surface area contributed by atoms with E-state index in [1.165, 1.54) is 58.8 Å². The highest BCUT2D eigenvalue weighted by molar-refractivity contribution is 6.32. The first-order valence-electron chi connectivity index (χ1n) is 9.48. The second kappa shape index (κ2) is 22.1. The number of hydrogen-bond acceptors (Lipinski definition) is 5. The van der Waals surface area contributed by atoms with E-state index in [2.05, 4.69) is 6.92 Å². The fourth-order valence-corrected chi connectivity index (χ4v) is 1.74. The second-order valence-corrected chi connectivity index (χ2v) is 6.07. The fourth-order valence-electron chi connectivity index (χ4n) is 1.74. The third kappa shape index (κ3) is 32.2. The molecule has 0 aliphatic rings. The molecule has 8 heteroatoms. The Morgan fingerprint density at radius 1 is 0.741 bits per heavy atom. The van der Waals surface area contributed by atoms with Crippen LogP contribution in [-0.4, -0.2) is 50.2 Å². The van der Waals surface area contributed by atoms with Crippen molar-refractivity contribution < 1.29 is 39.6 Å². The number of unbranched alkanes of at least 4 members (excludes halogenated alkanes) is 8. The minimum Gasteiger partial charge on any atom is -0.481 e. The number of rotatable bonds is 13. The highest BCUT2D eigenvalue weighted by atomic mass is 16.4. The molecule has 0 aromatic carbocycles. The van der Waals surface area contributed by atoms with Gasteiger partial charge in [-0.2, -0.15) is 0 Å². The van der Waals surface area contributed by atoms with Gasteiger partial charge in [-0.05, 0) is 13.3 Å². The van der Waals surface area contributed by atoms with Gasteiger partial charge < -0.3 is 20.4 Å². The maximum atomic E-state index is 10.2. The number of carboxylic acids is 3. The zero-order valence-corrected chi connectivity index (χ0v) is 16.8. The van der Waals surface area contributed by atoms with Gasteiger partial charge in [-0.15, -0.1) is 0 Å². The van der Waals surface area contributed by atoms with Crippen LogP contribution in [0.3, 0.4) is 0 Å². The van der Waals surface area contributed by atoms with Gasteiger partial charge in [0.15, 0.2) is 0 Å². The van der Waals surface area contributed by atoms with Crippen molar-refractivity contribution in [3.8, 4) is 0 Å². The molecule has 0 saturated carbocycles. The van der Waals surface area contributed by atoms with Crippen molar-refractivity contribution in [1.82, 2.24) is 0 Å². The molecule has 4 N–H and O–H groups in total. The smallest absolute Gasteiger partial charge is 0.372 e. The largest absolute Gasteiger partial charge is 0.481 e. The number of ketones is 1. The minimum absolute atomic E-state index is 0.0787. The molecule has 27 heavy (non-hydrogen) atoms. The number of aliphatic hydroxyl groups is 1. The normalized spacial score (nSPS) is 10.5. The van der Waals surface area contributed by atoms with Gasteiger partial charge in [0.25, 0.3) is 0 Å². The molecule has 0 aliphatic carbocycles. The van der Waals surface area contributed by atoms with Crippen LogP contribution in [0.2, 0.25) is 0 Å². The lowest BCUT2D eigenvalue weighted by Gasteiger charge is -2.00. The zero-order chi connectivity index (χ0) is 21.7. The van der Waals surface area contributed by atoms with Crippen molar-refractivity contribution in [1.29, 1.82) is 0 Å². The van der Waals surface area contributed by atoms with Crippen molar-refractivity contribution in [2.24, 2.45) is 0 Å². The van der Waals surface area contributed by atoms with Crippen molar-refractivity contribution in [3.05, 3.63) is 0 Å². The Balaban J connectivity index is -0.000000369. The van der Waals surface area contributed by atoms with E-state index in [0.717, 1.165) is 12.8 Å². The quantitative estimate of drug-likeness (QED) is 0.275. The maximum absolute atomic E-state index is 10.2. The van der Waals surface area contributed by atoms with Crippen molar-refractivity contribution in [2.45, 2.75) is 97.5 Å². The summed E-state index contributed by atoms with van der Waals surface area (Å²) in [5.41, 5.74) is 0. The van der Waals surface area contributed by atoms with E-state index in [-0.39, 0.29) is 6.42 Å². The molecule has 8 nitrogen and oxygen atoms in total. The van der Waals surface area contributed by atoms with Crippen LogP contribution >= 0.6 is 0 Å². The molecule has 0 rings (SSSR count). The summed E-state index contributed by atoms with van der Waals surface area (Å²) in [4.78, 5) is 39.1. The standard InChI is InChI=1S/C12H24O2.C4H6O3.C3H6O3/c1-2-3-4-5-6-7-8-9-10-11-12(13)14;1-2-3(5)4(6)7;1-2(4)3(5)6/h2-11H2,1H3,(H,13,14);2H2,1H3,(H,6,7);2,4H,1H3,(H,5,6). The van der Waals surface area contributed by atoms with E-state index >= 15 is 0 Å². The third-order valence-electron chi connectivity index (χ3n) is 3.41. The van der Waals surface area contributed by atoms with Crippen LogP contribution in [-0.2, 0) is 19.2 Å². The summed E-state index contributed by atoms with van der Waals surface area (Å²) in [5.74, 6) is -3.93. The lowest BCUT2D eigenvalue weighted by Crippen LogP contribution is -2.13. The van der Waals surface area contributed by atoms with Crippen molar-refractivity contribution in [3.63, 3.8) is 0 Å². The Labute approximate surface area is 161 Å². The predicted octanol–water partition coefficient (Wildman–Crippen LogP) is 3.49. The highest BCUT2D eigenvalue weighted by Gasteiger charge is 2.05. The van der Waals surface area contributed by atoms with Crippen LogP contribution in [0.1, 0.15) is 91.4 Å². The Hall–Kier alpha value is -1.96. The fraction of sp³-hybridized carbons (Fsp3) is 0.789. The van der Waals surface area contributed by atoms with Gasteiger partial charge in [-0.25, -0.2) is 9.59 Å². The summed E-state index contributed by atoms with van der Waals surface area (Å²) in [5, 5.41) is 32.0. The molecule has 0 amide bonds. The molecule has 0 heterocycles. The summed E-state index contributed by atoms with van der Waals surface area (Å²) in [6.07, 6.45) is 10.3. The maximum Gasteiger partial charge on any atom is 0.372 e. The predicted molar refractivity (Wildman–Crippen MR) is 102 cm³/mol. The molecule has 0 fully saturated rings. The summed E-state index contributed by atoms with van der Waals surface area (Å²) in [6.45, 7) is 4.94. The lowest BCUT2D eigenvalue weighted by molar-refractivity contribution is -0.148. The number of aliphatic hydroxyl groups excluding tert-OH is 1. The molecule has 1 atom stereocenters. The van der Waals surface area contributed by atoms with E-state index in [1.807, 2.05) is 0 Å². The van der Waals surface area contributed by atoms with Gasteiger partial charge >= 0.3 is 17.9 Å². The molecule has 0 aliphatic heterocycles. The molecule has 0 radical (unpaired) electrons. The summed E-state index contributed by atoms with van der Waals surface area (Å²) in [7, 11) is 0. The van der Waals surface area contributed by atoms with Gasteiger partial charge in [0.1, 0.15) is 6.10 Å². The van der Waals surface area contributed by atoms with Gasteiger partial charge in [-0.1, -0.05) is 65.2 Å². The van der Waals surface area contributed by atoms with Crippen LogP contribution in [0.15, 0.2) is 0 Å². The van der Waals surface area contributed by atoms with Gasteiger partial charge in [-0.3, -0.25) is 9.59 Å². The van der Waals surface area contributed by atoms with E-state index < -0.39 is 29.8 Å². The van der Waals surface area contributed by atoms with Crippen LogP contribution in [0.4, 0.5) is 0 Å². The monoisotopic (exact) mass is 392 g/mol. The first kappa shape index (κ1) is 29.8. The summed E-state index contributed by atoms with van der Waals surface area (Å²) < 4.78 is 0.